The van der Waals surface area contributed by atoms with Crippen LogP contribution >= 0.6 is 0 Å². The van der Waals surface area contributed by atoms with E-state index in [9.17, 15) is 4.39 Å². The van der Waals surface area contributed by atoms with Crippen LogP contribution in [-0.4, -0.2) is 0 Å². The third-order valence-corrected chi connectivity index (χ3v) is 2.53. The quantitative estimate of drug-likeness (QED) is 0.784. The maximum atomic E-state index is 13.0. The van der Waals surface area contributed by atoms with Crippen LogP contribution in [0.15, 0.2) is 24.3 Å². The van der Waals surface area contributed by atoms with Crippen molar-refractivity contribution in [3.63, 3.8) is 0 Å². The number of hydrogen-bond donors (Lipinski definition) is 1. The molecule has 0 aromatic heterocycles. The van der Waals surface area contributed by atoms with E-state index in [1.165, 1.54) is 12.1 Å². The van der Waals surface area contributed by atoms with Crippen molar-refractivity contribution in [1.29, 1.82) is 0 Å². The van der Waals surface area contributed by atoms with E-state index >= 15 is 0 Å². The molecule has 0 aliphatic rings. The molecule has 0 heterocycles. The molecule has 0 amide bonds. The smallest absolute Gasteiger partial charge is 0.123 e. The molecule has 0 saturated heterocycles. The van der Waals surface area contributed by atoms with Gasteiger partial charge in [-0.25, -0.2) is 4.39 Å². The Kier molecular flexibility index (Phi) is 3.64. The molecule has 0 radical (unpaired) electrons. The lowest BCUT2D eigenvalue weighted by atomic mass is 9.88. The number of hydrogen-bond acceptors (Lipinski definition) is 1. The molecule has 0 spiro atoms. The molecule has 1 unspecified atom stereocenters. The maximum absolute atomic E-state index is 13.0. The number of halogens is 1. The predicted octanol–water partition coefficient (Wildman–Crippen LogP) is 3.19. The third-order valence-electron chi connectivity index (χ3n) is 2.53. The van der Waals surface area contributed by atoms with Gasteiger partial charge in [0.05, 0.1) is 0 Å². The van der Waals surface area contributed by atoms with Gasteiger partial charge >= 0.3 is 0 Å². The molecule has 1 rings (SSSR count). The van der Waals surface area contributed by atoms with E-state index in [-0.39, 0.29) is 5.82 Å². The van der Waals surface area contributed by atoms with Crippen LogP contribution in [0.2, 0.25) is 0 Å². The molecule has 0 aliphatic heterocycles. The summed E-state index contributed by atoms with van der Waals surface area (Å²) >= 11 is 0. The van der Waals surface area contributed by atoms with Crippen molar-refractivity contribution in [3.8, 4) is 0 Å². The fourth-order valence-corrected chi connectivity index (χ4v) is 1.53. The lowest BCUT2D eigenvalue weighted by molar-refractivity contribution is 0.431. The van der Waals surface area contributed by atoms with Crippen LogP contribution in [0.4, 0.5) is 4.39 Å². The van der Waals surface area contributed by atoms with Gasteiger partial charge in [-0.15, -0.1) is 0 Å². The van der Waals surface area contributed by atoms with Crippen molar-refractivity contribution in [2.75, 3.05) is 0 Å². The van der Waals surface area contributed by atoms with Crippen molar-refractivity contribution in [3.05, 3.63) is 35.6 Å². The zero-order valence-corrected chi connectivity index (χ0v) is 8.89. The highest BCUT2D eigenvalue weighted by atomic mass is 19.1. The molecule has 0 aliphatic carbocycles. The first kappa shape index (κ1) is 11.2. The first-order valence-corrected chi connectivity index (χ1v) is 5.11. The van der Waals surface area contributed by atoms with Gasteiger partial charge in [0.25, 0.3) is 0 Å². The normalized spacial score (nSPS) is 15.1. The second-order valence-electron chi connectivity index (χ2n) is 4.03. The van der Waals surface area contributed by atoms with Crippen molar-refractivity contribution >= 4 is 0 Å². The Morgan fingerprint density at radius 2 is 2.14 bits per heavy atom. The first-order valence-electron chi connectivity index (χ1n) is 5.11. The maximum Gasteiger partial charge on any atom is 0.123 e. The Labute approximate surface area is 85.1 Å². The molecule has 2 N–H and O–H groups in total. The second kappa shape index (κ2) is 4.56. The van der Waals surface area contributed by atoms with Gasteiger partial charge in [0.2, 0.25) is 0 Å². The summed E-state index contributed by atoms with van der Waals surface area (Å²) in [5, 5.41) is 0. The number of benzene rings is 1. The molecule has 1 atom stereocenters. The molecule has 1 aromatic carbocycles. The summed E-state index contributed by atoms with van der Waals surface area (Å²) in [6.45, 7) is 4.08. The first-order chi connectivity index (χ1) is 6.56. The van der Waals surface area contributed by atoms with Gasteiger partial charge in [-0.1, -0.05) is 31.9 Å². The van der Waals surface area contributed by atoms with Gasteiger partial charge in [-0.2, -0.15) is 0 Å². The molecule has 14 heavy (non-hydrogen) atoms. The van der Waals surface area contributed by atoms with Crippen molar-refractivity contribution in [2.45, 2.75) is 38.6 Å². The zero-order valence-electron chi connectivity index (χ0n) is 8.89. The zero-order chi connectivity index (χ0) is 10.6. The van der Waals surface area contributed by atoms with E-state index in [2.05, 4.69) is 6.92 Å². The second-order valence-corrected chi connectivity index (χ2v) is 4.03. The van der Waals surface area contributed by atoms with Crippen LogP contribution in [0.25, 0.3) is 0 Å². The van der Waals surface area contributed by atoms with Gasteiger partial charge in [-0.3, -0.25) is 0 Å². The van der Waals surface area contributed by atoms with E-state index in [0.29, 0.717) is 0 Å². The highest BCUT2D eigenvalue weighted by molar-refractivity contribution is 5.23. The topological polar surface area (TPSA) is 26.0 Å². The van der Waals surface area contributed by atoms with Crippen molar-refractivity contribution in [2.24, 2.45) is 5.73 Å². The Morgan fingerprint density at radius 1 is 1.43 bits per heavy atom. The molecule has 0 bridgehead atoms. The molecular weight excluding hydrogens is 177 g/mol. The summed E-state index contributed by atoms with van der Waals surface area (Å²) < 4.78 is 13.0. The van der Waals surface area contributed by atoms with E-state index in [1.807, 2.05) is 13.0 Å². The summed E-state index contributed by atoms with van der Waals surface area (Å²) in [5.74, 6) is -0.212. The van der Waals surface area contributed by atoms with Gasteiger partial charge in [0.1, 0.15) is 5.82 Å². The fourth-order valence-electron chi connectivity index (χ4n) is 1.53. The van der Waals surface area contributed by atoms with Crippen LogP contribution in [0.3, 0.4) is 0 Å². The number of rotatable bonds is 4. The fraction of sp³-hybridized carbons (Fsp3) is 0.500. The summed E-state index contributed by atoms with van der Waals surface area (Å²) in [6.07, 6.45) is 3.08. The molecule has 78 valence electrons. The monoisotopic (exact) mass is 195 g/mol. The van der Waals surface area contributed by atoms with Crippen LogP contribution < -0.4 is 5.73 Å². The van der Waals surface area contributed by atoms with E-state index in [1.54, 1.807) is 6.07 Å². The Balaban J connectivity index is 2.80. The van der Waals surface area contributed by atoms with Crippen molar-refractivity contribution < 1.29 is 4.39 Å². The van der Waals surface area contributed by atoms with Gasteiger partial charge in [0, 0.05) is 5.54 Å². The average molecular weight is 195 g/mol. The molecule has 1 aromatic rings. The van der Waals surface area contributed by atoms with Crippen LogP contribution in [0.1, 0.15) is 38.7 Å². The molecule has 2 heteroatoms. The minimum atomic E-state index is -0.405. The Hall–Kier alpha value is -0.890. The van der Waals surface area contributed by atoms with Gasteiger partial charge in [0.15, 0.2) is 0 Å². The average Bonchev–Trinajstić information content (AvgIpc) is 2.15. The molecular formula is C12H18FN. The third kappa shape index (κ3) is 2.81. The highest BCUT2D eigenvalue weighted by Crippen LogP contribution is 2.24. The summed E-state index contributed by atoms with van der Waals surface area (Å²) in [4.78, 5) is 0. The van der Waals surface area contributed by atoms with Crippen molar-refractivity contribution in [1.82, 2.24) is 0 Å². The minimum Gasteiger partial charge on any atom is -0.322 e. The summed E-state index contributed by atoms with van der Waals surface area (Å²) in [6, 6.07) is 6.57. The predicted molar refractivity (Wildman–Crippen MR) is 57.5 cm³/mol. The van der Waals surface area contributed by atoms with E-state index < -0.39 is 5.54 Å². The molecule has 0 saturated carbocycles. The minimum absolute atomic E-state index is 0.212. The Bertz CT molecular complexity index is 294. The summed E-state index contributed by atoms with van der Waals surface area (Å²) in [5.41, 5.74) is 6.60. The lowest BCUT2D eigenvalue weighted by Gasteiger charge is -2.25. The van der Waals surface area contributed by atoms with Crippen LogP contribution in [-0.2, 0) is 5.54 Å². The number of unbranched alkanes of at least 4 members (excludes halogenated alkanes) is 1. The largest absolute Gasteiger partial charge is 0.322 e. The van der Waals surface area contributed by atoms with Crippen LogP contribution in [0.5, 0.6) is 0 Å². The highest BCUT2D eigenvalue weighted by Gasteiger charge is 2.20. The van der Waals surface area contributed by atoms with Gasteiger partial charge in [-0.05, 0) is 31.0 Å². The Morgan fingerprint density at radius 3 is 2.71 bits per heavy atom. The van der Waals surface area contributed by atoms with E-state index in [0.717, 1.165) is 24.8 Å². The summed E-state index contributed by atoms with van der Waals surface area (Å²) in [7, 11) is 0. The van der Waals surface area contributed by atoms with E-state index in [4.69, 9.17) is 5.73 Å². The van der Waals surface area contributed by atoms with Gasteiger partial charge < -0.3 is 5.73 Å². The lowest BCUT2D eigenvalue weighted by Crippen LogP contribution is -2.32. The standard InChI is InChI=1S/C12H18FN/c1-3-4-8-12(2,14)10-6-5-7-11(13)9-10/h5-7,9H,3-4,8,14H2,1-2H3. The molecule has 1 nitrogen and oxygen atoms in total. The molecule has 0 fully saturated rings. The number of nitrogens with two attached hydrogens (primary N) is 1. The van der Waals surface area contributed by atoms with Crippen LogP contribution in [0, 0.1) is 5.82 Å². The SMILES string of the molecule is CCCCC(C)(N)c1cccc(F)c1.